The Morgan fingerprint density at radius 2 is 1.60 bits per heavy atom. The van der Waals surface area contributed by atoms with E-state index in [1.807, 2.05) is 13.8 Å². The molecule has 0 aromatic carbocycles. The smallest absolute Gasteiger partial charge is 0.104 e. The summed E-state index contributed by atoms with van der Waals surface area (Å²) in [6.07, 6.45) is 8.45. The number of hydrogen-bond donors (Lipinski definition) is 3. The maximum atomic E-state index is 10.4. The van der Waals surface area contributed by atoms with E-state index in [0.717, 1.165) is 12.8 Å². The van der Waals surface area contributed by atoms with E-state index in [2.05, 4.69) is 6.92 Å². The third-order valence-corrected chi connectivity index (χ3v) is 3.44. The van der Waals surface area contributed by atoms with E-state index in [1.165, 1.54) is 0 Å². The van der Waals surface area contributed by atoms with Crippen LogP contribution in [0, 0.1) is 0 Å². The summed E-state index contributed by atoms with van der Waals surface area (Å²) >= 11 is 0. The van der Waals surface area contributed by atoms with Crippen molar-refractivity contribution in [3.63, 3.8) is 0 Å². The van der Waals surface area contributed by atoms with E-state index in [-0.39, 0.29) is 19.1 Å². The van der Waals surface area contributed by atoms with Crippen molar-refractivity contribution in [1.29, 1.82) is 0 Å². The first-order valence-corrected chi connectivity index (χ1v) is 7.44. The van der Waals surface area contributed by atoms with E-state index in [1.54, 1.807) is 24.3 Å². The molecule has 4 nitrogen and oxygen atoms in total. The normalized spacial score (nSPS) is 30.9. The Hall–Kier alpha value is -0.680. The van der Waals surface area contributed by atoms with Gasteiger partial charge in [0.05, 0.1) is 18.8 Å². The molecule has 0 amide bonds. The Labute approximate surface area is 121 Å². The fraction of sp³-hybridized carbons (Fsp3) is 0.750. The van der Waals surface area contributed by atoms with Gasteiger partial charge < -0.3 is 20.1 Å². The number of ether oxygens (including phenoxy) is 1. The fourth-order valence-electron chi connectivity index (χ4n) is 2.19. The largest absolute Gasteiger partial charge is 0.391 e. The lowest BCUT2D eigenvalue weighted by Crippen LogP contribution is -2.37. The Morgan fingerprint density at radius 1 is 1.05 bits per heavy atom. The lowest BCUT2D eigenvalue weighted by Gasteiger charge is -2.32. The highest BCUT2D eigenvalue weighted by Crippen LogP contribution is 2.29. The predicted molar refractivity (Wildman–Crippen MR) is 79.4 cm³/mol. The van der Waals surface area contributed by atoms with Crippen molar-refractivity contribution in [2.75, 3.05) is 6.61 Å². The van der Waals surface area contributed by atoms with Crippen molar-refractivity contribution in [2.24, 2.45) is 0 Å². The fourth-order valence-corrected chi connectivity index (χ4v) is 2.19. The quantitative estimate of drug-likeness (QED) is 0.596. The van der Waals surface area contributed by atoms with Crippen LogP contribution in [0.3, 0.4) is 0 Å². The molecule has 1 atom stereocenters. The number of hydrogen-bond acceptors (Lipinski definition) is 4. The molecule has 0 radical (unpaired) electrons. The second-order valence-electron chi connectivity index (χ2n) is 5.99. The average molecular weight is 284 g/mol. The summed E-state index contributed by atoms with van der Waals surface area (Å²) in [7, 11) is 0. The second-order valence-corrected chi connectivity index (χ2v) is 5.99. The van der Waals surface area contributed by atoms with Crippen LogP contribution in [0.2, 0.25) is 0 Å². The van der Waals surface area contributed by atoms with Gasteiger partial charge in [-0.15, -0.1) is 0 Å². The molecule has 1 aliphatic rings. The minimum Gasteiger partial charge on any atom is -0.391 e. The molecule has 3 N–H and O–H groups in total. The summed E-state index contributed by atoms with van der Waals surface area (Å²) in [6, 6.07) is 0. The van der Waals surface area contributed by atoms with E-state index in [4.69, 9.17) is 4.74 Å². The lowest BCUT2D eigenvalue weighted by atomic mass is 9.84. The van der Waals surface area contributed by atoms with Gasteiger partial charge in [-0.05, 0) is 32.4 Å². The lowest BCUT2D eigenvalue weighted by molar-refractivity contribution is -0.0231. The summed E-state index contributed by atoms with van der Waals surface area (Å²) in [4.78, 5) is 0. The molecule has 0 saturated heterocycles. The van der Waals surface area contributed by atoms with Crippen molar-refractivity contribution in [1.82, 2.24) is 0 Å². The van der Waals surface area contributed by atoms with Gasteiger partial charge in [-0.3, -0.25) is 0 Å². The molecule has 0 bridgehead atoms. The molecular weight excluding hydrogens is 256 g/mol. The van der Waals surface area contributed by atoms with Gasteiger partial charge in [-0.25, -0.2) is 0 Å². The Bertz CT molecular complexity index is 332. The minimum absolute atomic E-state index is 0.0517. The summed E-state index contributed by atoms with van der Waals surface area (Å²) in [5.41, 5.74) is -2.18. The summed E-state index contributed by atoms with van der Waals surface area (Å²) in [5, 5.41) is 30.5. The van der Waals surface area contributed by atoms with Gasteiger partial charge in [-0.1, -0.05) is 31.9 Å². The average Bonchev–Trinajstić information content (AvgIpc) is 2.38. The molecule has 0 aromatic rings. The highest BCUT2D eigenvalue weighted by Gasteiger charge is 2.32. The van der Waals surface area contributed by atoms with Gasteiger partial charge in [0.25, 0.3) is 0 Å². The summed E-state index contributed by atoms with van der Waals surface area (Å²) < 4.78 is 5.33. The van der Waals surface area contributed by atoms with Crippen LogP contribution in [0.1, 0.15) is 46.5 Å². The van der Waals surface area contributed by atoms with Crippen LogP contribution in [0.4, 0.5) is 0 Å². The van der Waals surface area contributed by atoms with Crippen molar-refractivity contribution < 1.29 is 20.1 Å². The van der Waals surface area contributed by atoms with Crippen LogP contribution in [-0.4, -0.2) is 45.3 Å². The zero-order valence-corrected chi connectivity index (χ0v) is 12.7. The molecule has 0 fully saturated rings. The van der Waals surface area contributed by atoms with Crippen molar-refractivity contribution >= 4 is 0 Å². The molecule has 20 heavy (non-hydrogen) atoms. The van der Waals surface area contributed by atoms with Gasteiger partial charge in [0.1, 0.15) is 11.2 Å². The first kappa shape index (κ1) is 17.4. The monoisotopic (exact) mass is 284 g/mol. The van der Waals surface area contributed by atoms with Crippen LogP contribution >= 0.6 is 0 Å². The molecule has 0 spiro atoms. The van der Waals surface area contributed by atoms with E-state index in [0.29, 0.717) is 6.42 Å². The van der Waals surface area contributed by atoms with Crippen LogP contribution in [0.25, 0.3) is 0 Å². The van der Waals surface area contributed by atoms with Crippen LogP contribution in [-0.2, 0) is 4.74 Å². The van der Waals surface area contributed by atoms with Crippen molar-refractivity contribution in [3.8, 4) is 0 Å². The van der Waals surface area contributed by atoms with Crippen molar-refractivity contribution in [3.05, 3.63) is 24.3 Å². The van der Waals surface area contributed by atoms with Gasteiger partial charge in [0.2, 0.25) is 0 Å². The zero-order valence-electron chi connectivity index (χ0n) is 12.7. The van der Waals surface area contributed by atoms with Gasteiger partial charge >= 0.3 is 0 Å². The molecule has 0 heterocycles. The Morgan fingerprint density at radius 3 is 2.10 bits per heavy atom. The zero-order chi connectivity index (χ0) is 15.2. The molecule has 0 aliphatic heterocycles. The SMILES string of the molecule is CCCCC1(O)C=CC(O)(CC(O)COC(C)C)C=C1. The number of aliphatic hydroxyl groups is 3. The molecule has 1 unspecified atom stereocenters. The second kappa shape index (κ2) is 7.36. The number of rotatable bonds is 8. The van der Waals surface area contributed by atoms with Gasteiger partial charge in [0, 0.05) is 6.42 Å². The van der Waals surface area contributed by atoms with Crippen LogP contribution < -0.4 is 0 Å². The van der Waals surface area contributed by atoms with Crippen molar-refractivity contribution in [2.45, 2.75) is 69.9 Å². The summed E-state index contributed by atoms with van der Waals surface area (Å²) in [5.74, 6) is 0. The standard InChI is InChI=1S/C16H28O4/c1-4-5-6-15(18)7-9-16(19,10-8-15)11-14(17)12-20-13(2)3/h7-10,13-14,17-19H,4-6,11-12H2,1-3H3. The molecule has 1 rings (SSSR count). The first-order valence-electron chi connectivity index (χ1n) is 7.44. The number of unbranched alkanes of at least 4 members (excludes halogenated alkanes) is 1. The van der Waals surface area contributed by atoms with Gasteiger partial charge in [-0.2, -0.15) is 0 Å². The Kier molecular flexibility index (Phi) is 6.40. The van der Waals surface area contributed by atoms with Crippen LogP contribution in [0.5, 0.6) is 0 Å². The van der Waals surface area contributed by atoms with E-state index < -0.39 is 17.3 Å². The molecular formula is C16H28O4. The maximum absolute atomic E-state index is 10.4. The molecule has 0 saturated carbocycles. The minimum atomic E-state index is -1.21. The van der Waals surface area contributed by atoms with E-state index >= 15 is 0 Å². The Balaban J connectivity index is 2.52. The third-order valence-electron chi connectivity index (χ3n) is 3.44. The molecule has 116 valence electrons. The number of aliphatic hydroxyl groups excluding tert-OH is 1. The maximum Gasteiger partial charge on any atom is 0.104 e. The van der Waals surface area contributed by atoms with E-state index in [9.17, 15) is 15.3 Å². The highest BCUT2D eigenvalue weighted by molar-refractivity contribution is 5.29. The van der Waals surface area contributed by atoms with Gasteiger partial charge in [0.15, 0.2) is 0 Å². The highest BCUT2D eigenvalue weighted by atomic mass is 16.5. The summed E-state index contributed by atoms with van der Waals surface area (Å²) in [6.45, 7) is 6.06. The van der Waals surface area contributed by atoms with Crippen LogP contribution in [0.15, 0.2) is 24.3 Å². The third kappa shape index (κ3) is 5.75. The predicted octanol–water partition coefficient (Wildman–Crippen LogP) is 1.94. The molecule has 4 heteroatoms. The first-order chi connectivity index (χ1) is 9.29. The molecule has 1 aliphatic carbocycles. The topological polar surface area (TPSA) is 69.9 Å². The molecule has 0 aromatic heterocycles.